The van der Waals surface area contributed by atoms with Crippen molar-refractivity contribution in [2.45, 2.75) is 44.6 Å². The minimum atomic E-state index is -0.765. The molecule has 3 rings (SSSR count). The van der Waals surface area contributed by atoms with Crippen LogP contribution in [0.5, 0.6) is 0 Å². The number of carbonyl (C=O) groups excluding carboxylic acids is 2. The van der Waals surface area contributed by atoms with Crippen LogP contribution in [0.15, 0.2) is 24.3 Å². The number of aliphatic carboxylic acids is 1. The molecule has 1 aliphatic heterocycles. The van der Waals surface area contributed by atoms with Crippen LogP contribution >= 0.6 is 12.4 Å². The molecule has 1 saturated heterocycles. The molecule has 1 aliphatic carbocycles. The highest BCUT2D eigenvalue weighted by atomic mass is 35.5. The lowest BCUT2D eigenvalue weighted by molar-refractivity contribution is -0.143. The Bertz CT molecular complexity index is 775. The zero-order valence-electron chi connectivity index (χ0n) is 16.1. The number of anilines is 1. The SMILES string of the molecule is Cl.N=C(N)c1ccc(N2CCC(C(=O)N[C@H]3CC[C@H](C(=O)O)CC3)CC2=O)cc1. The molecule has 1 unspecified atom stereocenters. The smallest absolute Gasteiger partial charge is 0.306 e. The summed E-state index contributed by atoms with van der Waals surface area (Å²) in [5, 5.41) is 19.5. The third-order valence-electron chi connectivity index (χ3n) is 5.71. The molecular formula is C20H27ClN4O4. The lowest BCUT2D eigenvalue weighted by Crippen LogP contribution is -2.47. The molecule has 1 saturated carbocycles. The molecule has 2 aliphatic rings. The fraction of sp³-hybridized carbons (Fsp3) is 0.500. The molecule has 8 nitrogen and oxygen atoms in total. The number of hydrogen-bond acceptors (Lipinski definition) is 4. The Balaban J connectivity index is 0.00000300. The first-order valence-electron chi connectivity index (χ1n) is 9.63. The molecule has 158 valence electrons. The monoisotopic (exact) mass is 422 g/mol. The lowest BCUT2D eigenvalue weighted by Gasteiger charge is -2.33. The molecule has 0 aromatic heterocycles. The molecule has 0 spiro atoms. The van der Waals surface area contributed by atoms with Crippen LogP contribution in [-0.4, -0.2) is 41.3 Å². The fourth-order valence-corrected chi connectivity index (χ4v) is 3.95. The van der Waals surface area contributed by atoms with Gasteiger partial charge >= 0.3 is 5.97 Å². The van der Waals surface area contributed by atoms with E-state index in [9.17, 15) is 14.4 Å². The van der Waals surface area contributed by atoms with Crippen molar-refractivity contribution in [3.63, 3.8) is 0 Å². The Morgan fingerprint density at radius 3 is 2.21 bits per heavy atom. The van der Waals surface area contributed by atoms with Crippen LogP contribution in [0, 0.1) is 17.2 Å². The largest absolute Gasteiger partial charge is 0.481 e. The van der Waals surface area contributed by atoms with E-state index < -0.39 is 5.97 Å². The first-order valence-corrected chi connectivity index (χ1v) is 9.63. The van der Waals surface area contributed by atoms with Crippen LogP contribution in [0.1, 0.15) is 44.1 Å². The predicted octanol–water partition coefficient (Wildman–Crippen LogP) is 1.90. The van der Waals surface area contributed by atoms with Crippen molar-refractivity contribution >= 4 is 41.7 Å². The van der Waals surface area contributed by atoms with E-state index in [1.54, 1.807) is 29.2 Å². The third-order valence-corrected chi connectivity index (χ3v) is 5.71. The van der Waals surface area contributed by atoms with Crippen LogP contribution in [-0.2, 0) is 14.4 Å². The number of hydrogen-bond donors (Lipinski definition) is 4. The van der Waals surface area contributed by atoms with Crippen molar-refractivity contribution < 1.29 is 19.5 Å². The number of amides is 2. The van der Waals surface area contributed by atoms with Gasteiger partial charge in [-0.2, -0.15) is 0 Å². The van der Waals surface area contributed by atoms with Crippen LogP contribution in [0.25, 0.3) is 0 Å². The molecule has 9 heteroatoms. The Labute approximate surface area is 175 Å². The van der Waals surface area contributed by atoms with Crippen molar-refractivity contribution in [2.24, 2.45) is 17.6 Å². The summed E-state index contributed by atoms with van der Waals surface area (Å²) in [5.74, 6) is -1.66. The van der Waals surface area contributed by atoms with Crippen molar-refractivity contribution in [1.82, 2.24) is 5.32 Å². The van der Waals surface area contributed by atoms with Gasteiger partial charge in [0.1, 0.15) is 5.84 Å². The third kappa shape index (κ3) is 5.47. The average Bonchev–Trinajstić information content (AvgIpc) is 2.68. The summed E-state index contributed by atoms with van der Waals surface area (Å²) in [6.07, 6.45) is 3.22. The van der Waals surface area contributed by atoms with Gasteiger partial charge in [-0.1, -0.05) is 0 Å². The molecule has 2 amide bonds. The number of carboxylic acid groups (broad SMARTS) is 1. The summed E-state index contributed by atoms with van der Waals surface area (Å²) in [4.78, 5) is 37.8. The number of piperidine rings is 1. The number of carbonyl (C=O) groups is 3. The van der Waals surface area contributed by atoms with Crippen molar-refractivity contribution in [2.75, 3.05) is 11.4 Å². The fourth-order valence-electron chi connectivity index (χ4n) is 3.95. The van der Waals surface area contributed by atoms with Crippen molar-refractivity contribution in [3.8, 4) is 0 Å². The quantitative estimate of drug-likeness (QED) is 0.424. The van der Waals surface area contributed by atoms with E-state index in [0.717, 1.165) is 5.69 Å². The molecule has 2 fully saturated rings. The highest BCUT2D eigenvalue weighted by Crippen LogP contribution is 2.27. The van der Waals surface area contributed by atoms with Crippen molar-refractivity contribution in [3.05, 3.63) is 29.8 Å². The number of rotatable bonds is 5. The van der Waals surface area contributed by atoms with Crippen LogP contribution in [0.3, 0.4) is 0 Å². The van der Waals surface area contributed by atoms with Gasteiger partial charge in [0.25, 0.3) is 0 Å². The molecule has 1 atom stereocenters. The summed E-state index contributed by atoms with van der Waals surface area (Å²) in [6, 6.07) is 6.93. The summed E-state index contributed by atoms with van der Waals surface area (Å²) in [7, 11) is 0. The van der Waals surface area contributed by atoms with Crippen molar-refractivity contribution in [1.29, 1.82) is 5.41 Å². The van der Waals surface area contributed by atoms with E-state index in [1.807, 2.05) is 0 Å². The average molecular weight is 423 g/mol. The highest BCUT2D eigenvalue weighted by molar-refractivity contribution is 5.99. The number of benzene rings is 1. The van der Waals surface area contributed by atoms with E-state index in [4.69, 9.17) is 16.2 Å². The minimum absolute atomic E-state index is 0. The van der Waals surface area contributed by atoms with E-state index >= 15 is 0 Å². The standard InChI is InChI=1S/C20H26N4O4.ClH/c21-18(22)12-3-7-16(8-4-12)24-10-9-14(11-17(24)25)19(26)23-15-5-1-13(2-6-15)20(27)28;/h3-4,7-8,13-15H,1-2,5-6,9-11H2,(H3,21,22)(H,23,26)(H,27,28);1H/t13-,14?,15-;. The number of halogens is 1. The van der Waals surface area contributed by atoms with Crippen LogP contribution in [0.2, 0.25) is 0 Å². The van der Waals surface area contributed by atoms with Gasteiger partial charge in [-0.05, 0) is 56.4 Å². The molecule has 1 aromatic carbocycles. The molecule has 1 heterocycles. The second-order valence-corrected chi connectivity index (χ2v) is 7.59. The van der Waals surface area contributed by atoms with Crippen LogP contribution < -0.4 is 16.0 Å². The molecule has 29 heavy (non-hydrogen) atoms. The predicted molar refractivity (Wildman–Crippen MR) is 111 cm³/mol. The number of nitrogen functional groups attached to an aromatic ring is 1. The molecule has 0 radical (unpaired) electrons. The van der Waals surface area contributed by atoms with Gasteiger partial charge in [0.2, 0.25) is 11.8 Å². The topological polar surface area (TPSA) is 137 Å². The maximum atomic E-state index is 12.6. The Kier molecular flexibility index (Phi) is 7.61. The normalized spacial score (nSPS) is 24.3. The van der Waals surface area contributed by atoms with Crippen LogP contribution in [0.4, 0.5) is 5.69 Å². The van der Waals surface area contributed by atoms with Gasteiger partial charge in [-0.3, -0.25) is 19.8 Å². The Hall–Kier alpha value is -2.61. The van der Waals surface area contributed by atoms with Gasteiger partial charge in [0, 0.05) is 36.2 Å². The zero-order valence-corrected chi connectivity index (χ0v) is 16.9. The maximum absolute atomic E-state index is 12.6. The number of nitrogens with one attached hydrogen (secondary N) is 2. The second-order valence-electron chi connectivity index (χ2n) is 7.59. The second kappa shape index (κ2) is 9.73. The lowest BCUT2D eigenvalue weighted by atomic mass is 9.85. The summed E-state index contributed by atoms with van der Waals surface area (Å²) in [5.41, 5.74) is 6.79. The zero-order chi connectivity index (χ0) is 20.3. The molecular weight excluding hydrogens is 396 g/mol. The number of carboxylic acids is 1. The maximum Gasteiger partial charge on any atom is 0.306 e. The minimum Gasteiger partial charge on any atom is -0.481 e. The number of nitrogens with two attached hydrogens (primary N) is 1. The molecule has 1 aromatic rings. The van der Waals surface area contributed by atoms with E-state index in [2.05, 4.69) is 5.32 Å². The van der Waals surface area contributed by atoms with Gasteiger partial charge in [0.15, 0.2) is 0 Å². The van der Waals surface area contributed by atoms with Gasteiger partial charge in [0.05, 0.1) is 5.92 Å². The van der Waals surface area contributed by atoms with Gasteiger partial charge < -0.3 is 21.1 Å². The Morgan fingerprint density at radius 2 is 1.69 bits per heavy atom. The van der Waals surface area contributed by atoms with E-state index in [0.29, 0.717) is 44.2 Å². The highest BCUT2D eigenvalue weighted by Gasteiger charge is 2.33. The summed E-state index contributed by atoms with van der Waals surface area (Å²) < 4.78 is 0. The van der Waals surface area contributed by atoms with Gasteiger partial charge in [-0.15, -0.1) is 12.4 Å². The first-order chi connectivity index (χ1) is 13.3. The Morgan fingerprint density at radius 1 is 1.07 bits per heavy atom. The number of amidine groups is 1. The first kappa shape index (κ1) is 22.7. The van der Waals surface area contributed by atoms with E-state index in [-0.39, 0.29) is 54.4 Å². The summed E-state index contributed by atoms with van der Waals surface area (Å²) >= 11 is 0. The van der Waals surface area contributed by atoms with Gasteiger partial charge in [-0.25, -0.2) is 0 Å². The number of nitrogens with zero attached hydrogens (tertiary/aromatic N) is 1. The molecule has 0 bridgehead atoms. The summed E-state index contributed by atoms with van der Waals surface area (Å²) in [6.45, 7) is 0.460. The molecule has 5 N–H and O–H groups in total. The van der Waals surface area contributed by atoms with E-state index in [1.165, 1.54) is 0 Å².